The third-order valence-corrected chi connectivity index (χ3v) is 2.78. The number of hydrogen-bond acceptors (Lipinski definition) is 3. The van der Waals surface area contributed by atoms with Gasteiger partial charge in [0.05, 0.1) is 17.0 Å². The van der Waals surface area contributed by atoms with Crippen LogP contribution in [0.4, 0.5) is 5.69 Å². The van der Waals surface area contributed by atoms with Crippen molar-refractivity contribution in [2.24, 2.45) is 0 Å². The van der Waals surface area contributed by atoms with Crippen LogP contribution < -0.4 is 10.0 Å². The van der Waals surface area contributed by atoms with Crippen molar-refractivity contribution in [1.82, 2.24) is 5.32 Å². The van der Waals surface area contributed by atoms with Crippen molar-refractivity contribution < 1.29 is 13.2 Å². The van der Waals surface area contributed by atoms with Gasteiger partial charge in [0.2, 0.25) is 10.0 Å². The number of hydrogen-bond donors (Lipinski definition) is 2. The third-order valence-electron chi connectivity index (χ3n) is 1.86. The van der Waals surface area contributed by atoms with Gasteiger partial charge >= 0.3 is 0 Å². The van der Waals surface area contributed by atoms with Crippen LogP contribution in [-0.2, 0) is 10.0 Å². The molecule has 5 nitrogen and oxygen atoms in total. The van der Waals surface area contributed by atoms with Gasteiger partial charge in [-0.2, -0.15) is 0 Å². The molecule has 1 aromatic carbocycles. The molecule has 7 heteroatoms. The number of nitrogens with one attached hydrogen (secondary N) is 2. The zero-order valence-corrected chi connectivity index (χ0v) is 11.0. The molecule has 0 radical (unpaired) electrons. The highest BCUT2D eigenvalue weighted by atomic mass is 35.5. The van der Waals surface area contributed by atoms with Crippen molar-refractivity contribution in [2.45, 2.75) is 6.92 Å². The summed E-state index contributed by atoms with van der Waals surface area (Å²) in [6, 6.07) is 4.40. The summed E-state index contributed by atoms with van der Waals surface area (Å²) in [5, 5.41) is 2.85. The Labute approximate surface area is 105 Å². The van der Waals surface area contributed by atoms with Crippen LogP contribution in [-0.4, -0.2) is 27.1 Å². The molecular weight excluding hydrogens is 264 g/mol. The Balaban J connectivity index is 3.06. The van der Waals surface area contributed by atoms with Crippen LogP contribution in [0.15, 0.2) is 18.2 Å². The first-order chi connectivity index (χ1) is 7.83. The Morgan fingerprint density at radius 1 is 1.41 bits per heavy atom. The van der Waals surface area contributed by atoms with Crippen LogP contribution in [0.5, 0.6) is 0 Å². The highest BCUT2D eigenvalue weighted by Gasteiger charge is 2.10. The van der Waals surface area contributed by atoms with Gasteiger partial charge in [0.25, 0.3) is 5.91 Å². The molecule has 1 amide bonds. The third kappa shape index (κ3) is 4.24. The molecule has 0 spiro atoms. The maximum atomic E-state index is 11.5. The molecule has 1 rings (SSSR count). The fraction of sp³-hybridized carbons (Fsp3) is 0.300. The number of amides is 1. The van der Waals surface area contributed by atoms with Crippen LogP contribution in [0.1, 0.15) is 17.3 Å². The van der Waals surface area contributed by atoms with Crippen molar-refractivity contribution >= 4 is 33.2 Å². The van der Waals surface area contributed by atoms with E-state index in [0.717, 1.165) is 6.26 Å². The number of carbonyl (C=O) groups is 1. The Morgan fingerprint density at radius 3 is 2.59 bits per heavy atom. The molecule has 17 heavy (non-hydrogen) atoms. The molecular formula is C10H13ClN2O3S. The summed E-state index contributed by atoms with van der Waals surface area (Å²) in [6.07, 6.45) is 1.02. The lowest BCUT2D eigenvalue weighted by molar-refractivity contribution is 0.0956. The molecule has 0 saturated heterocycles. The first-order valence-corrected chi connectivity index (χ1v) is 7.16. The molecule has 0 aromatic heterocycles. The Morgan fingerprint density at radius 2 is 2.06 bits per heavy atom. The summed E-state index contributed by atoms with van der Waals surface area (Å²) in [5.41, 5.74) is 0.542. The first-order valence-electron chi connectivity index (χ1n) is 4.89. The maximum Gasteiger partial charge on any atom is 0.251 e. The van der Waals surface area contributed by atoms with E-state index in [2.05, 4.69) is 10.0 Å². The fourth-order valence-corrected chi connectivity index (χ4v) is 2.00. The van der Waals surface area contributed by atoms with Gasteiger partial charge in [-0.3, -0.25) is 9.52 Å². The maximum absolute atomic E-state index is 11.5. The van der Waals surface area contributed by atoms with Gasteiger partial charge in [-0.1, -0.05) is 11.6 Å². The highest BCUT2D eigenvalue weighted by Crippen LogP contribution is 2.23. The van der Waals surface area contributed by atoms with E-state index in [4.69, 9.17) is 11.6 Å². The molecule has 1 aromatic rings. The van der Waals surface area contributed by atoms with Gasteiger partial charge < -0.3 is 5.32 Å². The molecule has 0 aliphatic carbocycles. The lowest BCUT2D eigenvalue weighted by Crippen LogP contribution is -2.22. The van der Waals surface area contributed by atoms with Gasteiger partial charge in [-0.15, -0.1) is 0 Å². The molecule has 0 heterocycles. The molecule has 0 aliphatic rings. The predicted molar refractivity (Wildman–Crippen MR) is 67.9 cm³/mol. The van der Waals surface area contributed by atoms with Crippen LogP contribution in [0.2, 0.25) is 5.02 Å². The van der Waals surface area contributed by atoms with Crippen molar-refractivity contribution in [2.75, 3.05) is 17.5 Å². The number of rotatable bonds is 4. The van der Waals surface area contributed by atoms with E-state index in [9.17, 15) is 13.2 Å². The zero-order valence-electron chi connectivity index (χ0n) is 9.45. The van der Waals surface area contributed by atoms with Crippen molar-refractivity contribution in [3.8, 4) is 0 Å². The minimum absolute atomic E-state index is 0.193. The van der Waals surface area contributed by atoms with Gasteiger partial charge in [0.1, 0.15) is 0 Å². The van der Waals surface area contributed by atoms with E-state index >= 15 is 0 Å². The first kappa shape index (κ1) is 13.8. The van der Waals surface area contributed by atoms with Crippen molar-refractivity contribution in [1.29, 1.82) is 0 Å². The van der Waals surface area contributed by atoms with Crippen molar-refractivity contribution in [3.05, 3.63) is 28.8 Å². The van der Waals surface area contributed by atoms with Gasteiger partial charge in [0.15, 0.2) is 0 Å². The van der Waals surface area contributed by atoms with E-state index < -0.39 is 10.0 Å². The van der Waals surface area contributed by atoms with E-state index in [1.165, 1.54) is 18.2 Å². The molecule has 0 fully saturated rings. The Bertz CT molecular complexity index is 528. The topological polar surface area (TPSA) is 75.3 Å². The molecule has 2 N–H and O–H groups in total. The zero-order chi connectivity index (χ0) is 13.1. The van der Waals surface area contributed by atoms with E-state index in [1.807, 2.05) is 0 Å². The number of benzene rings is 1. The van der Waals surface area contributed by atoms with Gasteiger partial charge in [-0.05, 0) is 25.1 Å². The molecule has 0 bridgehead atoms. The Kier molecular flexibility index (Phi) is 4.36. The minimum atomic E-state index is -3.42. The SMILES string of the molecule is CCNC(=O)c1ccc(Cl)c(NS(C)(=O)=O)c1. The largest absolute Gasteiger partial charge is 0.352 e. The van der Waals surface area contributed by atoms with Crippen LogP contribution in [0.25, 0.3) is 0 Å². The summed E-state index contributed by atoms with van der Waals surface area (Å²) in [6.45, 7) is 2.29. The van der Waals surface area contributed by atoms with Gasteiger partial charge in [0, 0.05) is 12.1 Å². The average Bonchev–Trinajstić information content (AvgIpc) is 2.19. The molecule has 0 atom stereocenters. The van der Waals surface area contributed by atoms with E-state index in [0.29, 0.717) is 12.1 Å². The molecule has 0 saturated carbocycles. The molecule has 94 valence electrons. The molecule has 0 unspecified atom stereocenters. The van der Waals surface area contributed by atoms with E-state index in [-0.39, 0.29) is 16.6 Å². The van der Waals surface area contributed by atoms with E-state index in [1.54, 1.807) is 6.92 Å². The summed E-state index contributed by atoms with van der Waals surface area (Å²) >= 11 is 5.83. The number of sulfonamides is 1. The summed E-state index contributed by atoms with van der Waals surface area (Å²) in [7, 11) is -3.42. The van der Waals surface area contributed by atoms with Crippen LogP contribution in [0.3, 0.4) is 0 Å². The highest BCUT2D eigenvalue weighted by molar-refractivity contribution is 7.92. The fourth-order valence-electron chi connectivity index (χ4n) is 1.21. The average molecular weight is 277 g/mol. The monoisotopic (exact) mass is 276 g/mol. The second-order valence-corrected chi connectivity index (χ2v) is 5.58. The predicted octanol–water partition coefficient (Wildman–Crippen LogP) is 1.46. The van der Waals surface area contributed by atoms with Crippen LogP contribution >= 0.6 is 11.6 Å². The number of carbonyl (C=O) groups excluding carboxylic acids is 1. The second kappa shape index (κ2) is 5.37. The van der Waals surface area contributed by atoms with Gasteiger partial charge in [-0.25, -0.2) is 8.42 Å². The quantitative estimate of drug-likeness (QED) is 0.874. The number of halogens is 1. The lowest BCUT2D eigenvalue weighted by Gasteiger charge is -2.08. The summed E-state index contributed by atoms with van der Waals surface area (Å²) < 4.78 is 24.4. The Hall–Kier alpha value is -1.27. The van der Waals surface area contributed by atoms with Crippen molar-refractivity contribution in [3.63, 3.8) is 0 Å². The summed E-state index contributed by atoms with van der Waals surface area (Å²) in [4.78, 5) is 11.5. The number of anilines is 1. The normalized spacial score (nSPS) is 11.0. The smallest absolute Gasteiger partial charge is 0.251 e. The molecule has 0 aliphatic heterocycles. The second-order valence-electron chi connectivity index (χ2n) is 3.43. The van der Waals surface area contributed by atoms with Crippen LogP contribution in [0, 0.1) is 0 Å². The summed E-state index contributed by atoms with van der Waals surface area (Å²) in [5.74, 6) is -0.277. The standard InChI is InChI=1S/C10H13ClN2O3S/c1-3-12-10(14)7-4-5-8(11)9(6-7)13-17(2,15)16/h4-6,13H,3H2,1-2H3,(H,12,14). The lowest BCUT2D eigenvalue weighted by atomic mass is 10.2. The minimum Gasteiger partial charge on any atom is -0.352 e.